The molecule has 0 saturated carbocycles. The van der Waals surface area contributed by atoms with Crippen LogP contribution in [-0.2, 0) is 0 Å². The number of hydrogen-bond donors (Lipinski definition) is 0. The van der Waals surface area contributed by atoms with E-state index >= 15 is 0 Å². The molecule has 5 heteroatoms. The van der Waals surface area contributed by atoms with Crippen molar-refractivity contribution in [1.29, 1.82) is 0 Å². The largest absolute Gasteiger partial charge is 0.356 e. The molecule has 0 unspecified atom stereocenters. The van der Waals surface area contributed by atoms with Crippen LogP contribution in [0.3, 0.4) is 0 Å². The van der Waals surface area contributed by atoms with Crippen molar-refractivity contribution in [1.82, 2.24) is 0 Å². The van der Waals surface area contributed by atoms with Crippen LogP contribution in [0.2, 0.25) is 0 Å². The third kappa shape index (κ3) is 29.7. The van der Waals surface area contributed by atoms with Gasteiger partial charge in [0.25, 0.3) is 0 Å². The van der Waals surface area contributed by atoms with E-state index in [1.54, 1.807) is 31.1 Å². The van der Waals surface area contributed by atoms with Crippen LogP contribution in [-0.4, -0.2) is 29.7 Å². The molecular weight excluding hydrogens is 453 g/mol. The van der Waals surface area contributed by atoms with Crippen LogP contribution in [0.15, 0.2) is 0 Å². The van der Waals surface area contributed by atoms with Gasteiger partial charge in [0.1, 0.15) is 0 Å². The second-order valence-electron chi connectivity index (χ2n) is 10.8. The molecule has 0 aliphatic rings. The van der Waals surface area contributed by atoms with Crippen molar-refractivity contribution in [3.63, 3.8) is 0 Å². The Morgan fingerprint density at radius 2 is 0.600 bits per heavy atom. The van der Waals surface area contributed by atoms with Crippen molar-refractivity contribution in [2.45, 2.75) is 169 Å². The van der Waals surface area contributed by atoms with Crippen LogP contribution in [0.25, 0.3) is 0 Å². The zero-order chi connectivity index (χ0) is 26.5. The average molecular weight is 518 g/mol. The third-order valence-electron chi connectivity index (χ3n) is 7.44. The van der Waals surface area contributed by atoms with Gasteiger partial charge in [0, 0.05) is 7.26 Å². The summed E-state index contributed by atoms with van der Waals surface area (Å²) in [6.07, 6.45) is 39.0. The Balaban J connectivity index is 0. The molecule has 0 atom stereocenters. The number of unbranched alkanes of at least 4 members (excludes halogenated alkanes) is 18. The molecule has 0 fully saturated rings. The quantitative estimate of drug-likeness (QED) is 0.0496. The van der Waals surface area contributed by atoms with Crippen molar-refractivity contribution in [2.24, 2.45) is 0 Å². The lowest BCUT2D eigenvalue weighted by Crippen LogP contribution is -2.13. The van der Waals surface area contributed by atoms with E-state index in [-0.39, 0.29) is 0 Å². The highest BCUT2D eigenvalue weighted by Crippen LogP contribution is 2.61. The highest BCUT2D eigenvalue weighted by Gasteiger charge is 2.34. The lowest BCUT2D eigenvalue weighted by Gasteiger charge is -2.28. The standard InChI is InChI=1S/C30H64P.NO3/c1-5-9-13-14-15-16-17-18-19-20-21-22-23-24-25-26-30-31(27-10-6-2,28-11-7-3)29-12-8-4;2-1(3)4/h5-30H2,1-4H3;/q+1;-1. The number of nitrogens with zero attached hydrogens (tertiary/aromatic N) is 1. The highest BCUT2D eigenvalue weighted by atomic mass is 31.2. The minimum absolute atomic E-state index is 0.634. The van der Waals surface area contributed by atoms with E-state index in [1.165, 1.54) is 135 Å². The first-order valence-corrected chi connectivity index (χ1v) is 18.2. The molecule has 0 aromatic heterocycles. The third-order valence-corrected chi connectivity index (χ3v) is 12.5. The number of rotatable bonds is 26. The summed E-state index contributed by atoms with van der Waals surface area (Å²) in [6.45, 7) is 9.48. The van der Waals surface area contributed by atoms with Crippen molar-refractivity contribution < 1.29 is 5.09 Å². The van der Waals surface area contributed by atoms with Gasteiger partial charge in [-0.25, -0.2) is 0 Å². The first-order chi connectivity index (χ1) is 17.0. The fraction of sp³-hybridized carbons (Fsp3) is 1.00. The maximum absolute atomic E-state index is 8.25. The minimum Gasteiger partial charge on any atom is -0.356 e. The van der Waals surface area contributed by atoms with Crippen LogP contribution >= 0.6 is 7.26 Å². The van der Waals surface area contributed by atoms with Crippen molar-refractivity contribution in [3.05, 3.63) is 15.3 Å². The van der Waals surface area contributed by atoms with Crippen LogP contribution in [0, 0.1) is 15.3 Å². The van der Waals surface area contributed by atoms with Crippen molar-refractivity contribution in [3.8, 4) is 0 Å². The van der Waals surface area contributed by atoms with E-state index in [0.29, 0.717) is 0 Å². The van der Waals surface area contributed by atoms with Crippen LogP contribution in [0.5, 0.6) is 0 Å². The van der Waals surface area contributed by atoms with Crippen LogP contribution < -0.4 is 0 Å². The Bertz CT molecular complexity index is 395. The molecule has 0 spiro atoms. The van der Waals surface area contributed by atoms with Gasteiger partial charge in [-0.2, -0.15) is 0 Å². The van der Waals surface area contributed by atoms with E-state index in [2.05, 4.69) is 27.7 Å². The second kappa shape index (κ2) is 29.9. The molecule has 0 heterocycles. The Hall–Kier alpha value is -0.370. The summed E-state index contributed by atoms with van der Waals surface area (Å²) in [7, 11) is -0.634. The highest BCUT2D eigenvalue weighted by molar-refractivity contribution is 7.75. The first-order valence-electron chi connectivity index (χ1n) is 15.6. The van der Waals surface area contributed by atoms with Crippen molar-refractivity contribution >= 4 is 7.26 Å². The Kier molecular flexibility index (Phi) is 31.4. The molecule has 4 nitrogen and oxygen atoms in total. The smallest absolute Gasteiger partial charge is 0.0689 e. The first kappa shape index (κ1) is 36.8. The topological polar surface area (TPSA) is 66.2 Å². The fourth-order valence-electron chi connectivity index (χ4n) is 5.15. The molecule has 212 valence electrons. The monoisotopic (exact) mass is 517 g/mol. The molecule has 0 aliphatic heterocycles. The van der Waals surface area contributed by atoms with Gasteiger partial charge in [-0.15, -0.1) is 0 Å². The van der Waals surface area contributed by atoms with Gasteiger partial charge < -0.3 is 15.3 Å². The Morgan fingerprint density at radius 1 is 0.400 bits per heavy atom. The lowest BCUT2D eigenvalue weighted by atomic mass is 10.0. The molecule has 0 rings (SSSR count). The molecule has 0 aliphatic carbocycles. The summed E-state index contributed by atoms with van der Waals surface area (Å²) in [5.74, 6) is 0. The molecule has 0 aromatic carbocycles. The molecular formula is C30H64NO3P. The molecule has 0 saturated heterocycles. The molecule has 0 aromatic rings. The summed E-state index contributed by atoms with van der Waals surface area (Å²) >= 11 is 0. The van der Waals surface area contributed by atoms with Gasteiger partial charge in [0.05, 0.1) is 29.7 Å². The maximum atomic E-state index is 8.25. The lowest BCUT2D eigenvalue weighted by molar-refractivity contribution is -0.402. The van der Waals surface area contributed by atoms with Gasteiger partial charge >= 0.3 is 0 Å². The fourth-order valence-corrected chi connectivity index (χ4v) is 10.3. The van der Waals surface area contributed by atoms with E-state index < -0.39 is 12.3 Å². The average Bonchev–Trinajstić information content (AvgIpc) is 2.84. The van der Waals surface area contributed by atoms with E-state index in [4.69, 9.17) is 15.3 Å². The number of hydrogen-bond acceptors (Lipinski definition) is 3. The predicted molar refractivity (Wildman–Crippen MR) is 161 cm³/mol. The zero-order valence-electron chi connectivity index (χ0n) is 24.5. The molecule has 0 amide bonds. The molecule has 35 heavy (non-hydrogen) atoms. The Labute approximate surface area is 221 Å². The normalized spacial score (nSPS) is 11.3. The van der Waals surface area contributed by atoms with Crippen molar-refractivity contribution in [2.75, 3.05) is 24.6 Å². The SMILES string of the molecule is CCCCCCCCCCCCCCCCCC[P+](CCCC)(CCCC)CCCC.O=[N+]([O-])[O-]. The van der Waals surface area contributed by atoms with Crippen LogP contribution in [0.1, 0.15) is 169 Å². The van der Waals surface area contributed by atoms with Gasteiger partial charge in [-0.1, -0.05) is 137 Å². The second-order valence-corrected chi connectivity index (χ2v) is 15.3. The van der Waals surface area contributed by atoms with E-state index in [0.717, 1.165) is 0 Å². The summed E-state index contributed by atoms with van der Waals surface area (Å²) < 4.78 is 0. The predicted octanol–water partition coefficient (Wildman–Crippen LogP) is 11.4. The maximum Gasteiger partial charge on any atom is 0.0689 e. The minimum atomic E-state index is -1.75. The van der Waals surface area contributed by atoms with Crippen LogP contribution in [0.4, 0.5) is 0 Å². The van der Waals surface area contributed by atoms with Gasteiger partial charge in [0.2, 0.25) is 0 Å². The zero-order valence-corrected chi connectivity index (χ0v) is 25.4. The summed E-state index contributed by atoms with van der Waals surface area (Å²) in [4.78, 5) is 8.25. The summed E-state index contributed by atoms with van der Waals surface area (Å²) in [5.41, 5.74) is 0. The van der Waals surface area contributed by atoms with Gasteiger partial charge in [-0.05, 0) is 32.1 Å². The van der Waals surface area contributed by atoms with E-state index in [1.807, 2.05) is 0 Å². The van der Waals surface area contributed by atoms with Gasteiger partial charge in [0.15, 0.2) is 0 Å². The van der Waals surface area contributed by atoms with Gasteiger partial charge in [-0.3, -0.25) is 0 Å². The molecule has 0 radical (unpaired) electrons. The molecule has 0 N–H and O–H groups in total. The Morgan fingerprint density at radius 3 is 0.857 bits per heavy atom. The van der Waals surface area contributed by atoms with E-state index in [9.17, 15) is 0 Å². The summed E-state index contributed by atoms with van der Waals surface area (Å²) in [6, 6.07) is 0. The summed E-state index contributed by atoms with van der Waals surface area (Å²) in [5, 5.41) is 14.8. The molecule has 0 bridgehead atoms.